The Morgan fingerprint density at radius 2 is 1.83 bits per heavy atom. The average Bonchev–Trinajstić information content (AvgIpc) is 2.66. The molecule has 0 aliphatic heterocycles. The molecule has 0 bridgehead atoms. The number of amides is 1. The van der Waals surface area contributed by atoms with Gasteiger partial charge in [-0.25, -0.2) is 17.9 Å². The number of carbonyl (C=O) groups excluding carboxylic acids is 2. The lowest BCUT2D eigenvalue weighted by molar-refractivity contribution is -0.125. The lowest BCUT2D eigenvalue weighted by atomic mass is 9.87. The largest absolute Gasteiger partial charge is 0.495 e. The summed E-state index contributed by atoms with van der Waals surface area (Å²) in [4.78, 5) is 24.1. The van der Waals surface area contributed by atoms with Crippen LogP contribution in [0.2, 0.25) is 0 Å². The number of hydrogen-bond acceptors (Lipinski definition) is 6. The van der Waals surface area contributed by atoms with Gasteiger partial charge in [-0.3, -0.25) is 4.79 Å². The zero-order valence-electron chi connectivity index (χ0n) is 18.3. The highest BCUT2D eigenvalue weighted by Crippen LogP contribution is 2.29. The van der Waals surface area contributed by atoms with Gasteiger partial charge < -0.3 is 14.8 Å². The van der Waals surface area contributed by atoms with E-state index in [1.807, 2.05) is 27.7 Å². The maximum Gasteiger partial charge on any atom is 0.338 e. The van der Waals surface area contributed by atoms with Crippen LogP contribution in [0, 0.1) is 5.92 Å². The maximum atomic E-state index is 13.0. The molecule has 168 valence electrons. The first-order valence-corrected chi connectivity index (χ1v) is 11.6. The fourth-order valence-corrected chi connectivity index (χ4v) is 5.01. The summed E-state index contributed by atoms with van der Waals surface area (Å²) in [7, 11) is -2.54. The van der Waals surface area contributed by atoms with E-state index in [2.05, 4.69) is 10.0 Å². The summed E-state index contributed by atoms with van der Waals surface area (Å²) < 4.78 is 39.0. The third-order valence-corrected chi connectivity index (χ3v) is 6.47. The highest BCUT2D eigenvalue weighted by Gasteiger charge is 2.29. The first-order chi connectivity index (χ1) is 13.9. The van der Waals surface area contributed by atoms with E-state index < -0.39 is 34.0 Å². The van der Waals surface area contributed by atoms with Crippen LogP contribution in [0.3, 0.4) is 0 Å². The van der Waals surface area contributed by atoms with Gasteiger partial charge in [0.15, 0.2) is 6.61 Å². The van der Waals surface area contributed by atoms with Crippen molar-refractivity contribution in [3.05, 3.63) is 23.8 Å². The quantitative estimate of drug-likeness (QED) is 0.631. The predicted molar refractivity (Wildman–Crippen MR) is 113 cm³/mol. The Balaban J connectivity index is 2.17. The molecule has 2 unspecified atom stereocenters. The van der Waals surface area contributed by atoms with Crippen LogP contribution in [0.4, 0.5) is 0 Å². The van der Waals surface area contributed by atoms with Crippen LogP contribution in [-0.4, -0.2) is 45.6 Å². The Hall–Kier alpha value is -2.13. The molecule has 8 nitrogen and oxygen atoms in total. The van der Waals surface area contributed by atoms with Crippen LogP contribution in [-0.2, 0) is 19.6 Å². The van der Waals surface area contributed by atoms with Gasteiger partial charge in [0.05, 0.1) is 12.7 Å². The lowest BCUT2D eigenvalue weighted by Gasteiger charge is -2.29. The zero-order chi connectivity index (χ0) is 22.5. The molecular formula is C21H32N2O6S. The maximum absolute atomic E-state index is 13.0. The van der Waals surface area contributed by atoms with Crippen LogP contribution >= 0.6 is 0 Å². The van der Waals surface area contributed by atoms with E-state index in [0.29, 0.717) is 0 Å². The summed E-state index contributed by atoms with van der Waals surface area (Å²) in [5.41, 5.74) is -0.427. The molecule has 1 amide bonds. The Morgan fingerprint density at radius 1 is 1.17 bits per heavy atom. The van der Waals surface area contributed by atoms with Gasteiger partial charge >= 0.3 is 5.97 Å². The molecule has 1 fully saturated rings. The number of ether oxygens (including phenoxy) is 2. The van der Waals surface area contributed by atoms with E-state index in [1.165, 1.54) is 25.3 Å². The summed E-state index contributed by atoms with van der Waals surface area (Å²) in [5, 5.41) is 2.69. The minimum atomic E-state index is -3.91. The fraction of sp³-hybridized carbons (Fsp3) is 0.619. The zero-order valence-corrected chi connectivity index (χ0v) is 19.1. The van der Waals surface area contributed by atoms with E-state index >= 15 is 0 Å². The smallest absolute Gasteiger partial charge is 0.338 e. The van der Waals surface area contributed by atoms with E-state index in [-0.39, 0.29) is 28.2 Å². The molecule has 1 aromatic carbocycles. The van der Waals surface area contributed by atoms with E-state index in [4.69, 9.17) is 9.47 Å². The van der Waals surface area contributed by atoms with E-state index in [0.717, 1.165) is 25.7 Å². The van der Waals surface area contributed by atoms with Crippen molar-refractivity contribution in [2.24, 2.45) is 5.92 Å². The number of hydrogen-bond donors (Lipinski definition) is 2. The Bertz CT molecular complexity index is 876. The molecule has 1 aliphatic carbocycles. The Morgan fingerprint density at radius 3 is 2.43 bits per heavy atom. The molecule has 1 aliphatic rings. The second-order valence-corrected chi connectivity index (χ2v) is 10.4. The predicted octanol–water partition coefficient (Wildman–Crippen LogP) is 2.62. The number of rotatable bonds is 7. The number of nitrogens with one attached hydrogen (secondary N) is 2. The van der Waals surface area contributed by atoms with Crippen molar-refractivity contribution < 1.29 is 27.5 Å². The van der Waals surface area contributed by atoms with Gasteiger partial charge in [-0.05, 0) is 57.7 Å². The molecule has 0 aromatic heterocycles. The first kappa shape index (κ1) is 24.1. The first-order valence-electron chi connectivity index (χ1n) is 10.1. The number of benzene rings is 1. The van der Waals surface area contributed by atoms with Crippen LogP contribution in [0.15, 0.2) is 23.1 Å². The lowest BCUT2D eigenvalue weighted by Crippen LogP contribution is -2.42. The molecule has 0 spiro atoms. The highest BCUT2D eigenvalue weighted by atomic mass is 32.2. The monoisotopic (exact) mass is 440 g/mol. The molecule has 2 N–H and O–H groups in total. The molecule has 9 heteroatoms. The molecule has 30 heavy (non-hydrogen) atoms. The number of esters is 1. The van der Waals surface area contributed by atoms with Gasteiger partial charge in [0, 0.05) is 11.6 Å². The Kier molecular flexibility index (Phi) is 7.87. The number of sulfonamides is 1. The Labute approximate surface area is 178 Å². The van der Waals surface area contributed by atoms with Crippen LogP contribution in [0.25, 0.3) is 0 Å². The van der Waals surface area contributed by atoms with Crippen molar-refractivity contribution in [1.82, 2.24) is 10.0 Å². The van der Waals surface area contributed by atoms with Crippen LogP contribution in [0.5, 0.6) is 5.75 Å². The van der Waals surface area contributed by atoms with Crippen molar-refractivity contribution in [3.8, 4) is 5.75 Å². The van der Waals surface area contributed by atoms with Gasteiger partial charge in [-0.1, -0.05) is 19.8 Å². The summed E-state index contributed by atoms with van der Waals surface area (Å²) in [6.07, 6.45) is 3.80. The summed E-state index contributed by atoms with van der Waals surface area (Å²) in [6, 6.07) is 3.87. The van der Waals surface area contributed by atoms with E-state index in [1.54, 1.807) is 0 Å². The van der Waals surface area contributed by atoms with Gasteiger partial charge in [-0.15, -0.1) is 0 Å². The number of methoxy groups -OCH3 is 1. The molecule has 1 saturated carbocycles. The van der Waals surface area contributed by atoms with Gasteiger partial charge in [0.1, 0.15) is 10.6 Å². The standard InChI is InChI=1S/C21H32N2O6S/c1-14-8-6-7-9-16(14)23-30(26,27)18-12-15(10-11-17(18)28-5)20(25)29-13-19(24)22-21(2,3)4/h10-12,14,16,23H,6-9,13H2,1-5H3,(H,22,24). The van der Waals surface area contributed by atoms with Crippen LogP contribution < -0.4 is 14.8 Å². The molecule has 0 radical (unpaired) electrons. The second-order valence-electron chi connectivity index (χ2n) is 8.73. The van der Waals surface area contributed by atoms with Crippen molar-refractivity contribution in [2.75, 3.05) is 13.7 Å². The highest BCUT2D eigenvalue weighted by molar-refractivity contribution is 7.89. The average molecular weight is 441 g/mol. The third-order valence-electron chi connectivity index (χ3n) is 4.96. The molecule has 1 aromatic rings. The van der Waals surface area contributed by atoms with Crippen molar-refractivity contribution in [2.45, 2.75) is 69.9 Å². The number of carbonyl (C=O) groups is 2. The fourth-order valence-electron chi connectivity index (χ4n) is 3.44. The molecule has 0 heterocycles. The molecule has 0 saturated heterocycles. The minimum Gasteiger partial charge on any atom is -0.495 e. The summed E-state index contributed by atoms with van der Waals surface area (Å²) >= 11 is 0. The molecular weight excluding hydrogens is 408 g/mol. The SMILES string of the molecule is COc1ccc(C(=O)OCC(=O)NC(C)(C)C)cc1S(=O)(=O)NC1CCCCC1C. The third kappa shape index (κ3) is 6.70. The topological polar surface area (TPSA) is 111 Å². The minimum absolute atomic E-state index is 0.0245. The van der Waals surface area contributed by atoms with Gasteiger partial charge in [0.2, 0.25) is 10.0 Å². The molecule has 2 rings (SSSR count). The van der Waals surface area contributed by atoms with Crippen molar-refractivity contribution >= 4 is 21.9 Å². The normalized spacial score (nSPS) is 19.8. The second kappa shape index (κ2) is 9.78. The van der Waals surface area contributed by atoms with Gasteiger partial charge in [0.25, 0.3) is 5.91 Å². The van der Waals surface area contributed by atoms with Crippen molar-refractivity contribution in [1.29, 1.82) is 0 Å². The summed E-state index contributed by atoms with van der Waals surface area (Å²) in [6.45, 7) is 7.01. The molecule has 2 atom stereocenters. The van der Waals surface area contributed by atoms with Crippen LogP contribution in [0.1, 0.15) is 63.7 Å². The van der Waals surface area contributed by atoms with E-state index in [9.17, 15) is 18.0 Å². The van der Waals surface area contributed by atoms with Crippen molar-refractivity contribution in [3.63, 3.8) is 0 Å². The van der Waals surface area contributed by atoms with Gasteiger partial charge in [-0.2, -0.15) is 0 Å². The summed E-state index contributed by atoms with van der Waals surface area (Å²) in [5.74, 6) is -0.864.